The summed E-state index contributed by atoms with van der Waals surface area (Å²) < 4.78 is 25.3. The van der Waals surface area contributed by atoms with E-state index in [-0.39, 0.29) is 53.5 Å². The van der Waals surface area contributed by atoms with E-state index in [0.29, 0.717) is 36.0 Å². The first-order valence-corrected chi connectivity index (χ1v) is 15.8. The van der Waals surface area contributed by atoms with Crippen LogP contribution in [0.25, 0.3) is 0 Å². The first kappa shape index (κ1) is 35.1. The molecule has 16 heteroatoms. The summed E-state index contributed by atoms with van der Waals surface area (Å²) >= 11 is 0. The number of nitrogens with two attached hydrogens (primary N) is 2. The number of carbonyl (C=O) groups is 2. The van der Waals surface area contributed by atoms with Crippen LogP contribution in [0, 0.1) is 6.92 Å². The van der Waals surface area contributed by atoms with Crippen molar-refractivity contribution in [1.82, 2.24) is 15.0 Å². The molecule has 2 aliphatic rings. The van der Waals surface area contributed by atoms with Crippen LogP contribution in [0.4, 0.5) is 11.4 Å². The number of nitrogens with one attached hydrogen (secondary N) is 2. The molecule has 0 saturated heterocycles. The molecule has 0 spiro atoms. The van der Waals surface area contributed by atoms with E-state index in [4.69, 9.17) is 34.8 Å². The molecular formula is C34H39N9O7. The van der Waals surface area contributed by atoms with E-state index in [1.165, 1.54) is 32.2 Å². The summed E-state index contributed by atoms with van der Waals surface area (Å²) in [6, 6.07) is 17.6. The third-order valence-electron chi connectivity index (χ3n) is 7.69. The fourth-order valence-electron chi connectivity index (χ4n) is 4.97. The number of aliphatic imine (C=N–C) groups is 2. The number of aromatic nitrogens is 3. The Morgan fingerprint density at radius 3 is 1.78 bits per heavy atom. The van der Waals surface area contributed by atoms with E-state index >= 15 is 0 Å². The maximum atomic E-state index is 12.4. The molecule has 0 saturated carbocycles. The zero-order chi connectivity index (χ0) is 35.5. The summed E-state index contributed by atoms with van der Waals surface area (Å²) in [5.74, 6) is 0.0888. The zero-order valence-electron chi connectivity index (χ0n) is 27.9. The Labute approximate surface area is 288 Å². The van der Waals surface area contributed by atoms with Gasteiger partial charge in [-0.2, -0.15) is 9.97 Å². The van der Waals surface area contributed by atoms with Gasteiger partial charge in [0.1, 0.15) is 24.7 Å². The molecule has 0 aliphatic carbocycles. The minimum atomic E-state index is -0.380. The highest BCUT2D eigenvalue weighted by Crippen LogP contribution is 2.19. The summed E-state index contributed by atoms with van der Waals surface area (Å²) in [4.78, 5) is 44.7. The first-order valence-electron chi connectivity index (χ1n) is 15.8. The van der Waals surface area contributed by atoms with Crippen LogP contribution in [0.5, 0.6) is 11.9 Å². The molecule has 0 bridgehead atoms. The number of hydrogen-bond donors (Lipinski definition) is 4. The van der Waals surface area contributed by atoms with Gasteiger partial charge in [0.2, 0.25) is 5.88 Å². The van der Waals surface area contributed by atoms with Gasteiger partial charge in [-0.25, -0.2) is 15.0 Å². The second-order valence-electron chi connectivity index (χ2n) is 11.3. The lowest BCUT2D eigenvalue weighted by Crippen LogP contribution is -2.15. The predicted molar refractivity (Wildman–Crippen MR) is 185 cm³/mol. The normalized spacial score (nSPS) is 16.1. The summed E-state index contributed by atoms with van der Waals surface area (Å²) in [7, 11) is 2.88. The number of nitrogens with zero attached hydrogens (tertiary/aromatic N) is 5. The number of amides is 2. The third kappa shape index (κ3) is 9.91. The lowest BCUT2D eigenvalue weighted by atomic mass is 10.1. The number of aryl methyl sites for hydroxylation is 3. The van der Waals surface area contributed by atoms with Crippen LogP contribution in [0.15, 0.2) is 75.4 Å². The number of ether oxygens (including phenoxy) is 4. The SMILES string of the molecule is COc1cc(C(=O)Nc2ccc(CC[C@H]3COC(N)=N3)cc2)nc(OC)n1.Cc1ocnc1C(=O)Nc1ccc(CC[C@H]2COC(N)=N2)cc1. The van der Waals surface area contributed by atoms with Crippen molar-refractivity contribution in [3.63, 3.8) is 0 Å². The Kier molecular flexibility index (Phi) is 11.8. The molecule has 0 radical (unpaired) electrons. The van der Waals surface area contributed by atoms with Crippen LogP contribution in [-0.2, 0) is 22.3 Å². The maximum absolute atomic E-state index is 12.4. The van der Waals surface area contributed by atoms with Gasteiger partial charge in [0.05, 0.1) is 26.3 Å². The lowest BCUT2D eigenvalue weighted by Gasteiger charge is -2.09. The van der Waals surface area contributed by atoms with Crippen LogP contribution in [0.1, 0.15) is 50.7 Å². The quantitative estimate of drug-likeness (QED) is 0.169. The molecule has 4 aromatic rings. The average Bonchev–Trinajstić information content (AvgIpc) is 3.88. The molecule has 262 valence electrons. The fraction of sp³-hybridized carbons (Fsp3) is 0.324. The van der Waals surface area contributed by atoms with Crippen molar-refractivity contribution in [3.05, 3.63) is 89.3 Å². The number of rotatable bonds is 12. The van der Waals surface area contributed by atoms with Crippen molar-refractivity contribution in [2.24, 2.45) is 21.5 Å². The lowest BCUT2D eigenvalue weighted by molar-refractivity contribution is 0.101. The number of hydrogen-bond acceptors (Lipinski definition) is 14. The Balaban J connectivity index is 0.000000197. The molecule has 2 amide bonds. The highest BCUT2D eigenvalue weighted by atomic mass is 16.5. The van der Waals surface area contributed by atoms with Gasteiger partial charge in [0.15, 0.2) is 12.1 Å². The van der Waals surface area contributed by atoms with Crippen molar-refractivity contribution >= 4 is 35.2 Å². The molecule has 2 aromatic heterocycles. The van der Waals surface area contributed by atoms with E-state index in [1.807, 2.05) is 48.5 Å². The molecule has 50 heavy (non-hydrogen) atoms. The van der Waals surface area contributed by atoms with E-state index in [1.54, 1.807) is 6.92 Å². The van der Waals surface area contributed by atoms with Gasteiger partial charge < -0.3 is 45.5 Å². The molecule has 0 fully saturated rings. The molecule has 6 N–H and O–H groups in total. The summed E-state index contributed by atoms with van der Waals surface area (Å²) in [5.41, 5.74) is 15.1. The summed E-state index contributed by atoms with van der Waals surface area (Å²) in [6.45, 7) is 2.79. The Bertz CT molecular complexity index is 1800. The summed E-state index contributed by atoms with van der Waals surface area (Å²) in [6.07, 6.45) is 4.72. The second kappa shape index (κ2) is 16.8. The van der Waals surface area contributed by atoms with Crippen LogP contribution >= 0.6 is 0 Å². The van der Waals surface area contributed by atoms with Gasteiger partial charge in [0.25, 0.3) is 23.9 Å². The molecule has 2 aromatic carbocycles. The number of methoxy groups -OCH3 is 2. The first-order chi connectivity index (χ1) is 24.2. The predicted octanol–water partition coefficient (Wildman–Crippen LogP) is 3.27. The smallest absolute Gasteiger partial charge is 0.320 e. The van der Waals surface area contributed by atoms with Crippen molar-refractivity contribution in [1.29, 1.82) is 0 Å². The third-order valence-corrected chi connectivity index (χ3v) is 7.69. The number of amidine groups is 2. The van der Waals surface area contributed by atoms with E-state index in [2.05, 4.69) is 35.6 Å². The zero-order valence-corrected chi connectivity index (χ0v) is 27.9. The average molecular weight is 686 g/mol. The number of anilines is 2. The van der Waals surface area contributed by atoms with Crippen LogP contribution < -0.4 is 31.6 Å². The van der Waals surface area contributed by atoms with Gasteiger partial charge in [-0.05, 0) is 68.0 Å². The Hall–Kier alpha value is -6.19. The second-order valence-corrected chi connectivity index (χ2v) is 11.3. The summed E-state index contributed by atoms with van der Waals surface area (Å²) in [5, 5.41) is 5.59. The van der Waals surface area contributed by atoms with E-state index in [0.717, 1.165) is 31.2 Å². The highest BCUT2D eigenvalue weighted by Gasteiger charge is 2.18. The van der Waals surface area contributed by atoms with Crippen molar-refractivity contribution in [2.75, 3.05) is 38.1 Å². The monoisotopic (exact) mass is 685 g/mol. The molecule has 0 unspecified atom stereocenters. The number of benzene rings is 2. The van der Waals surface area contributed by atoms with Crippen molar-refractivity contribution in [2.45, 2.75) is 44.7 Å². The molecule has 6 rings (SSSR count). The van der Waals surface area contributed by atoms with Gasteiger partial charge in [-0.15, -0.1) is 0 Å². The van der Waals surface area contributed by atoms with Gasteiger partial charge in [0, 0.05) is 17.4 Å². The van der Waals surface area contributed by atoms with Crippen LogP contribution in [0.3, 0.4) is 0 Å². The standard InChI is InChI=1S/C18H21N5O4.C16H18N4O3/c1-25-15-9-14(22-18(23-15)26-2)16(24)20-12-6-3-11(4-7-12)5-8-13-10-27-17(19)21-13;1-10-14(18-9-23-10)15(21)19-12-5-2-11(3-6-12)4-7-13-8-22-16(17)20-13/h3-4,6-7,9,13H,5,8,10H2,1-2H3,(H2,19,21)(H,20,24);2-3,5-6,9,13H,4,7-8H2,1H3,(H2,17,20)(H,19,21)/t2*13-/m00/s1. The van der Waals surface area contributed by atoms with Gasteiger partial charge in [-0.1, -0.05) is 24.3 Å². The Morgan fingerprint density at radius 1 is 0.800 bits per heavy atom. The van der Waals surface area contributed by atoms with E-state index < -0.39 is 0 Å². The van der Waals surface area contributed by atoms with Crippen molar-refractivity contribution < 1.29 is 33.0 Å². The minimum Gasteiger partial charge on any atom is -0.481 e. The van der Waals surface area contributed by atoms with Crippen molar-refractivity contribution in [3.8, 4) is 11.9 Å². The Morgan fingerprint density at radius 2 is 1.34 bits per heavy atom. The molecule has 16 nitrogen and oxygen atoms in total. The van der Waals surface area contributed by atoms with Gasteiger partial charge >= 0.3 is 6.01 Å². The van der Waals surface area contributed by atoms with Gasteiger partial charge in [-0.3, -0.25) is 9.59 Å². The van der Waals surface area contributed by atoms with Crippen LogP contribution in [-0.4, -0.2) is 78.3 Å². The van der Waals surface area contributed by atoms with E-state index in [9.17, 15) is 9.59 Å². The molecule has 4 heterocycles. The minimum absolute atomic E-state index is 0.0639. The largest absolute Gasteiger partial charge is 0.481 e. The fourth-order valence-corrected chi connectivity index (χ4v) is 4.97. The molecular weight excluding hydrogens is 646 g/mol. The highest BCUT2D eigenvalue weighted by molar-refractivity contribution is 6.03. The topological polar surface area (TPSA) is 224 Å². The van der Waals surface area contributed by atoms with Crippen LogP contribution in [0.2, 0.25) is 0 Å². The maximum Gasteiger partial charge on any atom is 0.320 e. The molecule has 2 aliphatic heterocycles. The number of carbonyl (C=O) groups excluding carboxylic acids is 2. The molecule has 2 atom stereocenters. The number of oxazole rings is 1.